The lowest BCUT2D eigenvalue weighted by Crippen LogP contribution is -2.54. The zero-order valence-corrected chi connectivity index (χ0v) is 30.7. The first-order valence-electron chi connectivity index (χ1n) is 19.2. The maximum absolute atomic E-state index is 9.41. The van der Waals surface area contributed by atoms with Gasteiger partial charge in [0.2, 0.25) is 0 Å². The van der Waals surface area contributed by atoms with Gasteiger partial charge in [-0.25, -0.2) is 0 Å². The molecule has 0 aromatic heterocycles. The molecular formula is C52H38N4. The summed E-state index contributed by atoms with van der Waals surface area (Å²) in [7, 11) is 0. The highest BCUT2D eigenvalue weighted by Gasteiger charge is 2.32. The summed E-state index contributed by atoms with van der Waals surface area (Å²) in [6.07, 6.45) is -0.614. The lowest BCUT2D eigenvalue weighted by atomic mass is 9.87. The van der Waals surface area contributed by atoms with Crippen LogP contribution in [0.25, 0.3) is 65.7 Å². The van der Waals surface area contributed by atoms with Crippen molar-refractivity contribution >= 4 is 32.3 Å². The molecule has 56 heavy (non-hydrogen) atoms. The predicted molar refractivity (Wildman–Crippen MR) is 230 cm³/mol. The molecule has 1 fully saturated rings. The zero-order valence-electron chi connectivity index (χ0n) is 30.7. The molecule has 1 saturated heterocycles. The molecule has 0 spiro atoms. The first-order chi connectivity index (χ1) is 27.7. The van der Waals surface area contributed by atoms with Gasteiger partial charge in [-0.2, -0.15) is 5.26 Å². The van der Waals surface area contributed by atoms with E-state index in [4.69, 9.17) is 0 Å². The Morgan fingerprint density at radius 2 is 0.982 bits per heavy atom. The Balaban J connectivity index is 1.14. The van der Waals surface area contributed by atoms with E-state index in [1.807, 2.05) is 24.3 Å². The van der Waals surface area contributed by atoms with Crippen LogP contribution in [0.4, 0.5) is 0 Å². The van der Waals surface area contributed by atoms with E-state index < -0.39 is 0 Å². The normalized spacial score (nSPS) is 16.9. The number of fused-ring (bicyclic) bond motifs is 4. The van der Waals surface area contributed by atoms with Crippen LogP contribution in [0.1, 0.15) is 40.8 Å². The van der Waals surface area contributed by atoms with E-state index in [1.54, 1.807) is 0 Å². The van der Waals surface area contributed by atoms with Gasteiger partial charge in [0.15, 0.2) is 0 Å². The van der Waals surface area contributed by atoms with E-state index in [0.29, 0.717) is 5.56 Å². The van der Waals surface area contributed by atoms with E-state index in [1.165, 1.54) is 65.7 Å². The monoisotopic (exact) mass is 718 g/mol. The summed E-state index contributed by atoms with van der Waals surface area (Å²) in [4.78, 5) is 0. The molecule has 1 aliphatic rings. The topological polar surface area (TPSA) is 59.9 Å². The minimum Gasteiger partial charge on any atom is -0.279 e. The molecule has 0 aliphatic carbocycles. The summed E-state index contributed by atoms with van der Waals surface area (Å²) in [6.45, 7) is 0. The molecule has 0 amide bonds. The van der Waals surface area contributed by atoms with Gasteiger partial charge in [-0.3, -0.25) is 16.0 Å². The van der Waals surface area contributed by atoms with Crippen molar-refractivity contribution in [3.63, 3.8) is 0 Å². The molecule has 1 aliphatic heterocycles. The maximum Gasteiger partial charge on any atom is 0.0991 e. The van der Waals surface area contributed by atoms with Gasteiger partial charge in [0.25, 0.3) is 0 Å². The fraction of sp³-hybridized carbons (Fsp3) is 0.0577. The van der Waals surface area contributed by atoms with E-state index in [-0.39, 0.29) is 18.5 Å². The molecule has 10 rings (SSSR count). The van der Waals surface area contributed by atoms with Gasteiger partial charge in [-0.1, -0.05) is 170 Å². The molecule has 4 heteroatoms. The minimum atomic E-state index is -0.223. The van der Waals surface area contributed by atoms with Crippen molar-refractivity contribution in [1.82, 2.24) is 16.0 Å². The van der Waals surface area contributed by atoms with Crippen molar-refractivity contribution < 1.29 is 0 Å². The maximum atomic E-state index is 9.41. The number of hydrogen-bond donors (Lipinski definition) is 3. The first-order valence-corrected chi connectivity index (χ1v) is 19.2. The van der Waals surface area contributed by atoms with Gasteiger partial charge < -0.3 is 0 Å². The van der Waals surface area contributed by atoms with E-state index in [2.05, 4.69) is 192 Å². The third-order valence-electron chi connectivity index (χ3n) is 11.2. The fourth-order valence-corrected chi connectivity index (χ4v) is 8.55. The molecule has 3 unspecified atom stereocenters. The number of benzene rings is 9. The molecule has 1 heterocycles. The smallest absolute Gasteiger partial charge is 0.0991 e. The molecule has 0 radical (unpaired) electrons. The largest absolute Gasteiger partial charge is 0.279 e. The van der Waals surface area contributed by atoms with Crippen LogP contribution in [0.15, 0.2) is 194 Å². The third kappa shape index (κ3) is 6.11. The predicted octanol–water partition coefficient (Wildman–Crippen LogP) is 12.2. The minimum absolute atomic E-state index is 0.192. The van der Waals surface area contributed by atoms with Gasteiger partial charge in [0.05, 0.1) is 30.1 Å². The van der Waals surface area contributed by atoms with Gasteiger partial charge in [0.1, 0.15) is 0 Å². The average Bonchev–Trinajstić information content (AvgIpc) is 3.28. The Kier molecular flexibility index (Phi) is 8.67. The average molecular weight is 719 g/mol. The lowest BCUT2D eigenvalue weighted by molar-refractivity contribution is 0.204. The Labute approximate surface area is 326 Å². The van der Waals surface area contributed by atoms with Crippen LogP contribution >= 0.6 is 0 Å². The van der Waals surface area contributed by atoms with Crippen molar-refractivity contribution in [3.8, 4) is 39.4 Å². The molecule has 0 saturated carbocycles. The highest BCUT2D eigenvalue weighted by molar-refractivity contribution is 6.20. The van der Waals surface area contributed by atoms with Crippen molar-refractivity contribution in [2.24, 2.45) is 0 Å². The van der Waals surface area contributed by atoms with E-state index >= 15 is 0 Å². The summed E-state index contributed by atoms with van der Waals surface area (Å²) in [5.41, 5.74) is 11.1. The molecule has 3 atom stereocenters. The van der Waals surface area contributed by atoms with Crippen LogP contribution < -0.4 is 16.0 Å². The first kappa shape index (κ1) is 33.7. The van der Waals surface area contributed by atoms with E-state index in [0.717, 1.165) is 16.7 Å². The lowest BCUT2D eigenvalue weighted by Gasteiger charge is -2.41. The van der Waals surface area contributed by atoms with Gasteiger partial charge in [-0.15, -0.1) is 0 Å². The SMILES string of the molecule is N#Cc1ccc(-c2cccc(C3NC(c4ccccc4-c4ccccc4)NC(c4ccccc4-c4c5ccccc5cc5c4ccc4ccccc45)N3)c2)cc1. The summed E-state index contributed by atoms with van der Waals surface area (Å²) in [5, 5.41) is 28.9. The quantitative estimate of drug-likeness (QED) is 0.118. The van der Waals surface area contributed by atoms with Crippen LogP contribution in [0, 0.1) is 11.3 Å². The molecule has 0 bridgehead atoms. The molecule has 266 valence electrons. The number of hydrogen-bond acceptors (Lipinski definition) is 4. The van der Waals surface area contributed by atoms with Crippen LogP contribution in [0.2, 0.25) is 0 Å². The Morgan fingerprint density at radius 1 is 0.375 bits per heavy atom. The van der Waals surface area contributed by atoms with Crippen molar-refractivity contribution in [1.29, 1.82) is 5.26 Å². The van der Waals surface area contributed by atoms with Crippen LogP contribution in [0.3, 0.4) is 0 Å². The molecule has 4 nitrogen and oxygen atoms in total. The van der Waals surface area contributed by atoms with E-state index in [9.17, 15) is 5.26 Å². The van der Waals surface area contributed by atoms with Crippen LogP contribution in [-0.2, 0) is 0 Å². The second-order valence-corrected chi connectivity index (χ2v) is 14.5. The Hall–Kier alpha value is -6.87. The van der Waals surface area contributed by atoms with Crippen molar-refractivity contribution in [3.05, 3.63) is 216 Å². The second kappa shape index (κ2) is 14.4. The molecule has 9 aromatic carbocycles. The second-order valence-electron chi connectivity index (χ2n) is 14.5. The summed E-state index contributed by atoms with van der Waals surface area (Å²) >= 11 is 0. The van der Waals surface area contributed by atoms with Crippen LogP contribution in [0.5, 0.6) is 0 Å². The Bertz CT molecular complexity index is 2930. The van der Waals surface area contributed by atoms with Gasteiger partial charge in [0, 0.05) is 0 Å². The third-order valence-corrected chi connectivity index (χ3v) is 11.2. The fourth-order valence-electron chi connectivity index (χ4n) is 8.55. The summed E-state index contributed by atoms with van der Waals surface area (Å²) < 4.78 is 0. The standard InChI is InChI=1S/C52H38N4/c53-33-34-25-27-35(28-26-34)38-17-12-18-40(31-38)50-54-51(46-23-10-8-19-41(46)36-13-2-1-3-14-36)56-52(55-50)47-24-11-9-22-44(47)49-43-21-7-5-16-39(43)32-48-42-20-6-4-15-37(42)29-30-45(48)49/h1-32,50-52,54-56H. The molecule has 3 N–H and O–H groups in total. The van der Waals surface area contributed by atoms with Gasteiger partial charge >= 0.3 is 0 Å². The Morgan fingerprint density at radius 3 is 1.75 bits per heavy atom. The molecule has 9 aromatic rings. The number of nitriles is 1. The number of nitrogens with one attached hydrogen (secondary N) is 3. The van der Waals surface area contributed by atoms with Crippen molar-refractivity contribution in [2.75, 3.05) is 0 Å². The zero-order chi connectivity index (χ0) is 37.4. The van der Waals surface area contributed by atoms with Gasteiger partial charge in [-0.05, 0) is 107 Å². The molecular weight excluding hydrogens is 681 g/mol. The van der Waals surface area contributed by atoms with Crippen LogP contribution in [-0.4, -0.2) is 0 Å². The number of rotatable bonds is 6. The number of nitrogens with zero attached hydrogens (tertiary/aromatic N) is 1. The van der Waals surface area contributed by atoms with Crippen molar-refractivity contribution in [2.45, 2.75) is 18.5 Å². The highest BCUT2D eigenvalue weighted by Crippen LogP contribution is 2.43. The summed E-state index contributed by atoms with van der Waals surface area (Å²) in [5.74, 6) is 0. The summed E-state index contributed by atoms with van der Waals surface area (Å²) in [6, 6.07) is 71.3. The highest BCUT2D eigenvalue weighted by atomic mass is 15.4.